The van der Waals surface area contributed by atoms with Crippen LogP contribution < -0.4 is 11.1 Å². The van der Waals surface area contributed by atoms with E-state index in [9.17, 15) is 0 Å². The van der Waals surface area contributed by atoms with Crippen LogP contribution in [0, 0.1) is 0 Å². The Labute approximate surface area is 134 Å². The third-order valence-electron chi connectivity index (χ3n) is 3.56. The van der Waals surface area contributed by atoms with E-state index in [1.165, 1.54) is 0 Å². The average Bonchev–Trinajstić information content (AvgIpc) is 2.49. The van der Waals surface area contributed by atoms with E-state index in [-0.39, 0.29) is 24.0 Å². The van der Waals surface area contributed by atoms with Crippen molar-refractivity contribution in [2.45, 2.75) is 24.9 Å². The van der Waals surface area contributed by atoms with Crippen molar-refractivity contribution in [3.63, 3.8) is 0 Å². The van der Waals surface area contributed by atoms with Crippen LogP contribution in [0.2, 0.25) is 5.54 Å². The van der Waals surface area contributed by atoms with Crippen LogP contribution in [0.1, 0.15) is 13.3 Å². The molecule has 0 amide bonds. The van der Waals surface area contributed by atoms with Crippen molar-refractivity contribution in [3.05, 3.63) is 30.3 Å². The summed E-state index contributed by atoms with van der Waals surface area (Å²) in [6, 6.07) is 10.2. The van der Waals surface area contributed by atoms with Crippen LogP contribution in [0.4, 0.5) is 5.69 Å². The number of para-hydroxylation sites is 1. The predicted octanol–water partition coefficient (Wildman–Crippen LogP) is 2.51. The van der Waals surface area contributed by atoms with Gasteiger partial charge in [0.15, 0.2) is 0 Å². The van der Waals surface area contributed by atoms with Crippen molar-refractivity contribution in [1.29, 1.82) is 0 Å². The predicted molar refractivity (Wildman–Crippen MR) is 91.0 cm³/mol. The molecule has 1 aromatic rings. The molecule has 0 bridgehead atoms. The third-order valence-corrected chi connectivity index (χ3v) is 6.96. The minimum absolute atomic E-state index is 0. The molecule has 1 rings (SSSR count). The molecule has 0 aliphatic rings. The van der Waals surface area contributed by atoms with Gasteiger partial charge >= 0.3 is 8.80 Å². The van der Waals surface area contributed by atoms with E-state index >= 15 is 0 Å². The van der Waals surface area contributed by atoms with Crippen LogP contribution in [0.15, 0.2) is 30.3 Å². The molecule has 0 heterocycles. The SMILES string of the molecule is CO[Si](OC)(OC)C(CCN)C(C)Nc1ccccc1.Cl. The first-order valence-electron chi connectivity index (χ1n) is 6.80. The fourth-order valence-corrected chi connectivity index (χ4v) is 5.14. The topological polar surface area (TPSA) is 65.7 Å². The van der Waals surface area contributed by atoms with Gasteiger partial charge in [-0.3, -0.25) is 0 Å². The summed E-state index contributed by atoms with van der Waals surface area (Å²) in [5, 5.41) is 3.47. The summed E-state index contributed by atoms with van der Waals surface area (Å²) in [6.07, 6.45) is 0.780. The highest BCUT2D eigenvalue weighted by Crippen LogP contribution is 2.32. The number of benzene rings is 1. The Morgan fingerprint density at radius 3 is 2.05 bits per heavy atom. The summed E-state index contributed by atoms with van der Waals surface area (Å²) in [4.78, 5) is 0. The first-order chi connectivity index (χ1) is 9.63. The van der Waals surface area contributed by atoms with Gasteiger partial charge in [0.1, 0.15) is 0 Å². The molecule has 5 nitrogen and oxygen atoms in total. The van der Waals surface area contributed by atoms with Crippen LogP contribution >= 0.6 is 12.4 Å². The molecule has 0 saturated heterocycles. The molecule has 0 aromatic heterocycles. The molecule has 0 saturated carbocycles. The van der Waals surface area contributed by atoms with Gasteiger partial charge in [0.2, 0.25) is 0 Å². The molecule has 0 radical (unpaired) electrons. The summed E-state index contributed by atoms with van der Waals surface area (Å²) >= 11 is 0. The van der Waals surface area contributed by atoms with Gasteiger partial charge in [0.25, 0.3) is 0 Å². The van der Waals surface area contributed by atoms with Gasteiger partial charge in [-0.25, -0.2) is 0 Å². The van der Waals surface area contributed by atoms with Crippen LogP contribution in [-0.2, 0) is 13.3 Å². The second-order valence-electron chi connectivity index (χ2n) is 4.70. The van der Waals surface area contributed by atoms with Gasteiger partial charge in [-0.05, 0) is 32.0 Å². The van der Waals surface area contributed by atoms with Crippen LogP contribution in [-0.4, -0.2) is 42.7 Å². The van der Waals surface area contributed by atoms with Crippen molar-refractivity contribution < 1.29 is 13.3 Å². The van der Waals surface area contributed by atoms with Crippen molar-refractivity contribution in [2.24, 2.45) is 5.73 Å². The summed E-state index contributed by atoms with van der Waals surface area (Å²) in [6.45, 7) is 2.67. The second-order valence-corrected chi connectivity index (χ2v) is 7.87. The van der Waals surface area contributed by atoms with Gasteiger partial charge in [0.05, 0.1) is 5.54 Å². The average molecular weight is 335 g/mol. The largest absolute Gasteiger partial charge is 0.505 e. The van der Waals surface area contributed by atoms with Gasteiger partial charge in [-0.2, -0.15) is 0 Å². The van der Waals surface area contributed by atoms with E-state index in [2.05, 4.69) is 12.2 Å². The first kappa shape index (κ1) is 20.4. The maximum atomic E-state index is 5.75. The normalized spacial score (nSPS) is 14.1. The maximum absolute atomic E-state index is 5.75. The molecule has 2 unspecified atom stereocenters. The molecule has 122 valence electrons. The Morgan fingerprint density at radius 2 is 1.62 bits per heavy atom. The smallest absolute Gasteiger partial charge is 0.382 e. The minimum atomic E-state index is -2.73. The fourth-order valence-electron chi connectivity index (χ4n) is 2.51. The van der Waals surface area contributed by atoms with Gasteiger partial charge < -0.3 is 24.3 Å². The van der Waals surface area contributed by atoms with Crippen LogP contribution in [0.3, 0.4) is 0 Å². The van der Waals surface area contributed by atoms with Crippen molar-refractivity contribution in [3.8, 4) is 0 Å². The molecular formula is C14H27ClN2O3Si. The van der Waals surface area contributed by atoms with Crippen LogP contribution in [0.25, 0.3) is 0 Å². The molecule has 3 N–H and O–H groups in total. The summed E-state index contributed by atoms with van der Waals surface area (Å²) < 4.78 is 16.8. The van der Waals surface area contributed by atoms with Crippen molar-refractivity contribution in [2.75, 3.05) is 33.2 Å². The highest BCUT2D eigenvalue weighted by Gasteiger charge is 2.49. The fraction of sp³-hybridized carbons (Fsp3) is 0.571. The molecule has 2 atom stereocenters. The maximum Gasteiger partial charge on any atom is 0.505 e. The second kappa shape index (κ2) is 10.2. The third kappa shape index (κ3) is 5.25. The zero-order valence-corrected chi connectivity index (χ0v) is 15.0. The van der Waals surface area contributed by atoms with Crippen molar-refractivity contribution in [1.82, 2.24) is 0 Å². The first-order valence-corrected chi connectivity index (χ1v) is 8.60. The van der Waals surface area contributed by atoms with E-state index in [0.717, 1.165) is 12.1 Å². The minimum Gasteiger partial charge on any atom is -0.382 e. The van der Waals surface area contributed by atoms with Crippen LogP contribution in [0.5, 0.6) is 0 Å². The highest BCUT2D eigenvalue weighted by atomic mass is 35.5. The Bertz CT molecular complexity index is 371. The Hall–Kier alpha value is -0.633. The number of hydrogen-bond acceptors (Lipinski definition) is 5. The quantitative estimate of drug-likeness (QED) is 0.679. The molecular weight excluding hydrogens is 308 g/mol. The molecule has 0 aliphatic carbocycles. The van der Waals surface area contributed by atoms with E-state index in [0.29, 0.717) is 6.54 Å². The molecule has 0 aliphatic heterocycles. The summed E-state index contributed by atoms with van der Waals surface area (Å²) in [7, 11) is 2.18. The Kier molecular flexibility index (Phi) is 9.85. The molecule has 1 aromatic carbocycles. The molecule has 21 heavy (non-hydrogen) atoms. The van der Waals surface area contributed by atoms with E-state index in [1.54, 1.807) is 21.3 Å². The number of anilines is 1. The van der Waals surface area contributed by atoms with Gasteiger partial charge in [-0.1, -0.05) is 18.2 Å². The van der Waals surface area contributed by atoms with E-state index in [1.807, 2.05) is 30.3 Å². The Balaban J connectivity index is 0.00000400. The van der Waals surface area contributed by atoms with E-state index in [4.69, 9.17) is 19.0 Å². The summed E-state index contributed by atoms with van der Waals surface area (Å²) in [5.41, 5.74) is 6.90. The lowest BCUT2D eigenvalue weighted by Gasteiger charge is -2.36. The zero-order valence-electron chi connectivity index (χ0n) is 13.2. The number of hydrogen-bond donors (Lipinski definition) is 2. The molecule has 7 heteroatoms. The monoisotopic (exact) mass is 334 g/mol. The summed E-state index contributed by atoms with van der Waals surface area (Å²) in [5.74, 6) is 0. The lowest BCUT2D eigenvalue weighted by Crippen LogP contribution is -2.53. The zero-order chi connectivity index (χ0) is 15.0. The lowest BCUT2D eigenvalue weighted by atomic mass is 10.1. The number of halogens is 1. The highest BCUT2D eigenvalue weighted by molar-refractivity contribution is 6.62. The lowest BCUT2D eigenvalue weighted by molar-refractivity contribution is 0.107. The Morgan fingerprint density at radius 1 is 1.10 bits per heavy atom. The number of rotatable bonds is 9. The number of nitrogens with one attached hydrogen (secondary N) is 1. The standard InChI is InChI=1S/C14H26N2O3Si.ClH/c1-12(16-13-8-6-5-7-9-13)14(10-11-15)20(17-2,18-3)19-4;/h5-9,12,14,16H,10-11,15H2,1-4H3;1H. The van der Waals surface area contributed by atoms with Gasteiger partial charge in [0, 0.05) is 33.1 Å². The molecule has 0 fully saturated rings. The number of nitrogens with two attached hydrogens (primary N) is 1. The van der Waals surface area contributed by atoms with E-state index < -0.39 is 8.80 Å². The van der Waals surface area contributed by atoms with Crippen molar-refractivity contribution >= 4 is 26.9 Å². The van der Waals surface area contributed by atoms with Gasteiger partial charge in [-0.15, -0.1) is 12.4 Å². The molecule has 0 spiro atoms.